The Morgan fingerprint density at radius 2 is 1.69 bits per heavy atom. The van der Waals surface area contributed by atoms with Gasteiger partial charge < -0.3 is 0 Å². The van der Waals surface area contributed by atoms with Crippen molar-refractivity contribution < 1.29 is 0 Å². The summed E-state index contributed by atoms with van der Waals surface area (Å²) in [5.41, 5.74) is 3.92. The summed E-state index contributed by atoms with van der Waals surface area (Å²) < 4.78 is 2.03. The highest BCUT2D eigenvalue weighted by Gasteiger charge is 2.10. The molecule has 2 aromatic carbocycles. The summed E-state index contributed by atoms with van der Waals surface area (Å²) in [4.78, 5) is 4.69. The van der Waals surface area contributed by atoms with Crippen molar-refractivity contribution in [3.63, 3.8) is 0 Å². The molecule has 132 valence electrons. The summed E-state index contributed by atoms with van der Waals surface area (Å²) in [6, 6.07) is 18.3. The molecule has 0 saturated carbocycles. The van der Waals surface area contributed by atoms with E-state index in [1.54, 1.807) is 0 Å². The zero-order valence-corrected chi connectivity index (χ0v) is 15.4. The van der Waals surface area contributed by atoms with Crippen LogP contribution < -0.4 is 0 Å². The third-order valence-electron chi connectivity index (χ3n) is 4.38. The second-order valence-electron chi connectivity index (χ2n) is 6.46. The number of hydrogen-bond acceptors (Lipinski definition) is 3. The Kier molecular flexibility index (Phi) is 5.80. The largest absolute Gasteiger partial charge is 0.245 e. The molecule has 4 heteroatoms. The van der Waals surface area contributed by atoms with Crippen LogP contribution in [0.3, 0.4) is 0 Å². The van der Waals surface area contributed by atoms with Crippen molar-refractivity contribution >= 4 is 0 Å². The van der Waals surface area contributed by atoms with Crippen molar-refractivity contribution in [3.05, 3.63) is 71.3 Å². The van der Waals surface area contributed by atoms with Gasteiger partial charge in [-0.3, -0.25) is 0 Å². The first-order valence-electron chi connectivity index (χ1n) is 9.26. The minimum Gasteiger partial charge on any atom is -0.245 e. The van der Waals surface area contributed by atoms with Crippen LogP contribution in [0.4, 0.5) is 0 Å². The summed E-state index contributed by atoms with van der Waals surface area (Å²) >= 11 is 0. The molecule has 0 radical (unpaired) electrons. The molecule has 0 aliphatic carbocycles. The fraction of sp³-hybridized carbons (Fsp3) is 0.318. The van der Waals surface area contributed by atoms with Crippen molar-refractivity contribution in [2.75, 3.05) is 0 Å². The normalized spacial score (nSPS) is 10.7. The van der Waals surface area contributed by atoms with E-state index in [0.29, 0.717) is 5.56 Å². The zero-order valence-electron chi connectivity index (χ0n) is 15.4. The number of aryl methyl sites for hydroxylation is 2. The molecule has 0 atom stereocenters. The molecule has 3 rings (SSSR count). The summed E-state index contributed by atoms with van der Waals surface area (Å²) in [5, 5.41) is 14.0. The molecule has 1 aromatic heterocycles. The van der Waals surface area contributed by atoms with E-state index >= 15 is 0 Å². The lowest BCUT2D eigenvalue weighted by Crippen LogP contribution is -2.07. The van der Waals surface area contributed by atoms with E-state index in [1.807, 2.05) is 28.9 Å². The highest BCUT2D eigenvalue weighted by molar-refractivity contribution is 5.70. The van der Waals surface area contributed by atoms with Crippen molar-refractivity contribution in [1.82, 2.24) is 14.8 Å². The number of nitrogens with zero attached hydrogens (tertiary/aromatic N) is 4. The van der Waals surface area contributed by atoms with Gasteiger partial charge in [0.15, 0.2) is 5.82 Å². The van der Waals surface area contributed by atoms with E-state index in [9.17, 15) is 5.26 Å². The Hall–Kier alpha value is -2.93. The van der Waals surface area contributed by atoms with Crippen LogP contribution in [0.1, 0.15) is 49.5 Å². The molecule has 0 bridgehead atoms. The molecule has 1 heterocycles. The summed E-state index contributed by atoms with van der Waals surface area (Å²) in [6.07, 6.45) is 3.99. The van der Waals surface area contributed by atoms with E-state index in [1.165, 1.54) is 5.56 Å². The van der Waals surface area contributed by atoms with Crippen molar-refractivity contribution in [2.24, 2.45) is 0 Å². The smallest absolute Gasteiger partial charge is 0.150 e. The molecule has 0 amide bonds. The van der Waals surface area contributed by atoms with Crippen molar-refractivity contribution in [3.8, 4) is 17.2 Å². The molecule has 0 aliphatic heterocycles. The Balaban J connectivity index is 1.83. The van der Waals surface area contributed by atoms with E-state index in [2.05, 4.69) is 54.3 Å². The lowest BCUT2D eigenvalue weighted by Gasteiger charge is -2.08. The first-order valence-corrected chi connectivity index (χ1v) is 9.26. The molecule has 0 aliphatic rings. The van der Waals surface area contributed by atoms with Gasteiger partial charge >= 0.3 is 0 Å². The molecule has 26 heavy (non-hydrogen) atoms. The van der Waals surface area contributed by atoms with E-state index in [4.69, 9.17) is 0 Å². The van der Waals surface area contributed by atoms with Gasteiger partial charge in [0.2, 0.25) is 0 Å². The molecular weight excluding hydrogens is 320 g/mol. The predicted octanol–water partition coefficient (Wildman–Crippen LogP) is 4.77. The molecular formula is C22H24N4. The third kappa shape index (κ3) is 4.00. The Morgan fingerprint density at radius 1 is 0.962 bits per heavy atom. The van der Waals surface area contributed by atoms with Gasteiger partial charge in [0.05, 0.1) is 18.2 Å². The molecule has 0 fully saturated rings. The Bertz CT molecular complexity index is 901. The van der Waals surface area contributed by atoms with Crippen LogP contribution in [0.2, 0.25) is 0 Å². The number of nitriles is 1. The average Bonchev–Trinajstić information content (AvgIpc) is 3.04. The van der Waals surface area contributed by atoms with E-state index < -0.39 is 0 Å². The second-order valence-corrected chi connectivity index (χ2v) is 6.46. The van der Waals surface area contributed by atoms with Crippen molar-refractivity contribution in [2.45, 2.75) is 46.1 Å². The lowest BCUT2D eigenvalue weighted by atomic mass is 9.99. The van der Waals surface area contributed by atoms with E-state index in [-0.39, 0.29) is 0 Å². The highest BCUT2D eigenvalue weighted by atomic mass is 15.3. The van der Waals surface area contributed by atoms with E-state index in [0.717, 1.165) is 55.0 Å². The van der Waals surface area contributed by atoms with Gasteiger partial charge in [-0.15, -0.1) is 0 Å². The molecule has 0 spiro atoms. The lowest BCUT2D eigenvalue weighted by molar-refractivity contribution is 0.623. The summed E-state index contributed by atoms with van der Waals surface area (Å²) in [6.45, 7) is 5.05. The molecule has 4 nitrogen and oxygen atoms in total. The van der Waals surface area contributed by atoms with Gasteiger partial charge in [-0.05, 0) is 35.6 Å². The maximum Gasteiger partial charge on any atom is 0.150 e. The Labute approximate surface area is 155 Å². The van der Waals surface area contributed by atoms with Gasteiger partial charge in [-0.2, -0.15) is 10.4 Å². The average molecular weight is 344 g/mol. The van der Waals surface area contributed by atoms with Crippen LogP contribution in [-0.2, 0) is 19.4 Å². The van der Waals surface area contributed by atoms with Crippen molar-refractivity contribution in [1.29, 1.82) is 5.26 Å². The van der Waals surface area contributed by atoms with Crippen LogP contribution in [0.5, 0.6) is 0 Å². The van der Waals surface area contributed by atoms with Gasteiger partial charge in [-0.1, -0.05) is 56.3 Å². The number of aromatic nitrogens is 3. The minimum atomic E-state index is 0.700. The van der Waals surface area contributed by atoms with Gasteiger partial charge in [0.25, 0.3) is 0 Å². The topological polar surface area (TPSA) is 54.5 Å². The first kappa shape index (κ1) is 17.9. The van der Waals surface area contributed by atoms with Crippen LogP contribution in [-0.4, -0.2) is 14.8 Å². The van der Waals surface area contributed by atoms with Crippen LogP contribution in [0.25, 0.3) is 11.1 Å². The Morgan fingerprint density at radius 3 is 2.38 bits per heavy atom. The maximum absolute atomic E-state index is 9.29. The quantitative estimate of drug-likeness (QED) is 0.620. The van der Waals surface area contributed by atoms with Crippen LogP contribution in [0, 0.1) is 11.3 Å². The molecule has 0 N–H and O–H groups in total. The van der Waals surface area contributed by atoms with Crippen LogP contribution in [0.15, 0.2) is 48.5 Å². The molecule has 3 aromatic rings. The molecule has 0 unspecified atom stereocenters. The number of rotatable bonds is 7. The summed E-state index contributed by atoms with van der Waals surface area (Å²) in [5.74, 6) is 2.00. The fourth-order valence-electron chi connectivity index (χ4n) is 3.09. The van der Waals surface area contributed by atoms with Gasteiger partial charge in [0.1, 0.15) is 5.82 Å². The third-order valence-corrected chi connectivity index (χ3v) is 4.38. The van der Waals surface area contributed by atoms with Crippen LogP contribution >= 0.6 is 0 Å². The molecule has 0 saturated heterocycles. The zero-order chi connectivity index (χ0) is 18.4. The number of hydrogen-bond donors (Lipinski definition) is 0. The minimum absolute atomic E-state index is 0.700. The number of benzene rings is 2. The predicted molar refractivity (Wildman–Crippen MR) is 104 cm³/mol. The second kappa shape index (κ2) is 8.44. The van der Waals surface area contributed by atoms with Gasteiger partial charge in [-0.25, -0.2) is 9.67 Å². The monoisotopic (exact) mass is 344 g/mol. The van der Waals surface area contributed by atoms with Gasteiger partial charge in [0, 0.05) is 12.8 Å². The first-order chi connectivity index (χ1) is 12.7. The summed E-state index contributed by atoms with van der Waals surface area (Å²) in [7, 11) is 0. The maximum atomic E-state index is 9.29. The SMILES string of the molecule is CCCc1nc(CCC)n(Cc2ccc(-c3ccccc3C#N)cc2)n1. The standard InChI is InChI=1S/C22H24N4/c1-3-7-21-24-22(8-4-2)26(25-21)16-17-11-13-18(14-12-17)20-10-6-5-9-19(20)15-23/h5-6,9-14H,3-4,7-8,16H2,1-2H3. The fourth-order valence-corrected chi connectivity index (χ4v) is 3.09. The highest BCUT2D eigenvalue weighted by Crippen LogP contribution is 2.23.